The first-order valence-corrected chi connectivity index (χ1v) is 10.2. The zero-order valence-electron chi connectivity index (χ0n) is 14.0. The monoisotopic (exact) mass is 383 g/mol. The van der Waals surface area contributed by atoms with Crippen molar-refractivity contribution in [3.63, 3.8) is 0 Å². The standard InChI is InChI=1S/C19H17N3O2S2/c23-18(22-11-3-6-14-5-1-2-8-16(14)22)13-26-19-21-20-17(24-19)10-9-15-7-4-12-25-15/h1-2,4-5,7-10,12H,3,6,11,13H2/b10-9+. The molecule has 0 aliphatic carbocycles. The zero-order valence-corrected chi connectivity index (χ0v) is 15.6. The van der Waals surface area contributed by atoms with Gasteiger partial charge in [0.05, 0.1) is 5.75 Å². The van der Waals surface area contributed by atoms with Crippen LogP contribution in [0.3, 0.4) is 0 Å². The fourth-order valence-corrected chi connectivity index (χ4v) is 4.14. The molecule has 1 aromatic carbocycles. The summed E-state index contributed by atoms with van der Waals surface area (Å²) in [5.41, 5.74) is 2.25. The van der Waals surface area contributed by atoms with Crippen LogP contribution in [0.2, 0.25) is 0 Å². The second-order valence-electron chi connectivity index (χ2n) is 5.82. The molecule has 132 valence electrons. The zero-order chi connectivity index (χ0) is 17.8. The maximum absolute atomic E-state index is 12.6. The molecule has 1 aliphatic rings. The topological polar surface area (TPSA) is 59.2 Å². The second kappa shape index (κ2) is 7.88. The summed E-state index contributed by atoms with van der Waals surface area (Å²) in [4.78, 5) is 15.6. The molecule has 3 heterocycles. The van der Waals surface area contributed by atoms with Gasteiger partial charge in [-0.15, -0.1) is 21.5 Å². The largest absolute Gasteiger partial charge is 0.412 e. The normalized spacial score (nSPS) is 13.9. The van der Waals surface area contributed by atoms with Gasteiger partial charge in [-0.3, -0.25) is 4.79 Å². The third kappa shape index (κ3) is 3.89. The second-order valence-corrected chi connectivity index (χ2v) is 7.73. The fraction of sp³-hybridized carbons (Fsp3) is 0.211. The molecule has 0 bridgehead atoms. The van der Waals surface area contributed by atoms with Crippen molar-refractivity contribution in [1.29, 1.82) is 0 Å². The van der Waals surface area contributed by atoms with Gasteiger partial charge in [-0.1, -0.05) is 36.0 Å². The van der Waals surface area contributed by atoms with E-state index in [2.05, 4.69) is 16.3 Å². The molecule has 0 spiro atoms. The van der Waals surface area contributed by atoms with E-state index in [0.29, 0.717) is 11.1 Å². The van der Waals surface area contributed by atoms with Gasteiger partial charge in [0.25, 0.3) is 5.22 Å². The van der Waals surface area contributed by atoms with Crippen molar-refractivity contribution in [2.75, 3.05) is 17.2 Å². The number of nitrogens with zero attached hydrogens (tertiary/aromatic N) is 3. The molecule has 0 saturated carbocycles. The van der Waals surface area contributed by atoms with Crippen molar-refractivity contribution in [3.05, 3.63) is 58.1 Å². The third-order valence-electron chi connectivity index (χ3n) is 4.09. The summed E-state index contributed by atoms with van der Waals surface area (Å²) in [6.45, 7) is 0.759. The Bertz CT molecular complexity index is 919. The first-order valence-electron chi connectivity index (χ1n) is 8.36. The average Bonchev–Trinajstić information content (AvgIpc) is 3.35. The third-order valence-corrected chi connectivity index (χ3v) is 5.73. The van der Waals surface area contributed by atoms with Crippen LogP contribution in [-0.2, 0) is 11.2 Å². The molecule has 2 aromatic heterocycles. The smallest absolute Gasteiger partial charge is 0.277 e. The highest BCUT2D eigenvalue weighted by Gasteiger charge is 2.22. The molecule has 0 unspecified atom stereocenters. The van der Waals surface area contributed by atoms with Gasteiger partial charge in [0.1, 0.15) is 0 Å². The van der Waals surface area contributed by atoms with Crippen LogP contribution in [-0.4, -0.2) is 28.4 Å². The maximum Gasteiger partial charge on any atom is 0.277 e. The Morgan fingerprint density at radius 1 is 1.23 bits per heavy atom. The number of thiophene rings is 1. The van der Waals surface area contributed by atoms with Crippen LogP contribution in [0.5, 0.6) is 0 Å². The van der Waals surface area contributed by atoms with Crippen LogP contribution in [0.4, 0.5) is 5.69 Å². The number of aryl methyl sites for hydroxylation is 1. The summed E-state index contributed by atoms with van der Waals surface area (Å²) in [5, 5.41) is 10.4. The molecule has 3 aromatic rings. The quantitative estimate of drug-likeness (QED) is 0.612. The summed E-state index contributed by atoms with van der Waals surface area (Å²) < 4.78 is 5.58. The lowest BCUT2D eigenvalue weighted by molar-refractivity contribution is -0.116. The molecular formula is C19H17N3O2S2. The highest BCUT2D eigenvalue weighted by Crippen LogP contribution is 2.28. The van der Waals surface area contributed by atoms with Crippen LogP contribution in [0.1, 0.15) is 22.8 Å². The molecule has 0 N–H and O–H groups in total. The van der Waals surface area contributed by atoms with Crippen molar-refractivity contribution in [2.45, 2.75) is 18.1 Å². The first-order chi connectivity index (χ1) is 12.8. The van der Waals surface area contributed by atoms with E-state index in [-0.39, 0.29) is 11.7 Å². The molecular weight excluding hydrogens is 366 g/mol. The molecule has 5 nitrogen and oxygen atoms in total. The minimum Gasteiger partial charge on any atom is -0.412 e. The number of para-hydroxylation sites is 1. The number of benzene rings is 1. The maximum atomic E-state index is 12.6. The minimum atomic E-state index is 0.0658. The van der Waals surface area contributed by atoms with Gasteiger partial charge in [-0.05, 0) is 42.0 Å². The van der Waals surface area contributed by atoms with E-state index in [1.54, 1.807) is 17.4 Å². The van der Waals surface area contributed by atoms with Crippen LogP contribution in [0.25, 0.3) is 12.2 Å². The van der Waals surface area contributed by atoms with Crippen molar-refractivity contribution in [1.82, 2.24) is 10.2 Å². The van der Waals surface area contributed by atoms with Gasteiger partial charge >= 0.3 is 0 Å². The Hall–Kier alpha value is -2.38. The van der Waals surface area contributed by atoms with E-state index in [9.17, 15) is 4.79 Å². The molecule has 0 saturated heterocycles. The predicted octanol–water partition coefficient (Wildman–Crippen LogP) is 4.37. The SMILES string of the molecule is O=C(CSc1nnc(/C=C/c2cccs2)o1)N1CCCc2ccccc21. The lowest BCUT2D eigenvalue weighted by atomic mass is 10.0. The minimum absolute atomic E-state index is 0.0658. The van der Waals surface area contributed by atoms with Gasteiger partial charge in [0.2, 0.25) is 11.8 Å². The average molecular weight is 383 g/mol. The molecule has 0 fully saturated rings. The number of hydrogen-bond acceptors (Lipinski definition) is 6. The van der Waals surface area contributed by atoms with Gasteiger partial charge in [-0.2, -0.15) is 0 Å². The Morgan fingerprint density at radius 2 is 2.15 bits per heavy atom. The van der Waals surface area contributed by atoms with E-state index >= 15 is 0 Å². The van der Waals surface area contributed by atoms with Gasteiger partial charge < -0.3 is 9.32 Å². The van der Waals surface area contributed by atoms with Crippen LogP contribution in [0, 0.1) is 0 Å². The summed E-state index contributed by atoms with van der Waals surface area (Å²) in [5.74, 6) is 0.789. The molecule has 1 amide bonds. The highest BCUT2D eigenvalue weighted by atomic mass is 32.2. The Kier molecular flexibility index (Phi) is 5.17. The van der Waals surface area contributed by atoms with Gasteiger partial charge in [0.15, 0.2) is 0 Å². The summed E-state index contributed by atoms with van der Waals surface area (Å²) >= 11 is 2.92. The molecule has 7 heteroatoms. The molecule has 0 radical (unpaired) electrons. The van der Waals surface area contributed by atoms with Crippen LogP contribution < -0.4 is 4.90 Å². The number of anilines is 1. The lowest BCUT2D eigenvalue weighted by Crippen LogP contribution is -2.36. The molecule has 26 heavy (non-hydrogen) atoms. The number of thioether (sulfide) groups is 1. The molecule has 4 rings (SSSR count). The van der Waals surface area contributed by atoms with E-state index in [1.165, 1.54) is 17.3 Å². The van der Waals surface area contributed by atoms with Gasteiger partial charge in [-0.25, -0.2) is 0 Å². The Morgan fingerprint density at radius 3 is 3.04 bits per heavy atom. The number of hydrogen-bond donors (Lipinski definition) is 0. The van der Waals surface area contributed by atoms with Crippen molar-refractivity contribution < 1.29 is 9.21 Å². The predicted molar refractivity (Wildman–Crippen MR) is 105 cm³/mol. The molecule has 1 aliphatic heterocycles. The number of carbonyl (C=O) groups is 1. The summed E-state index contributed by atoms with van der Waals surface area (Å²) in [6.07, 6.45) is 5.73. The highest BCUT2D eigenvalue weighted by molar-refractivity contribution is 7.99. The Balaban J connectivity index is 1.37. The van der Waals surface area contributed by atoms with Crippen LogP contribution >= 0.6 is 23.1 Å². The van der Waals surface area contributed by atoms with E-state index < -0.39 is 0 Å². The fourth-order valence-electron chi connectivity index (χ4n) is 2.88. The number of amides is 1. The van der Waals surface area contributed by atoms with Gasteiger partial charge in [0, 0.05) is 23.2 Å². The van der Waals surface area contributed by atoms with Crippen molar-refractivity contribution in [3.8, 4) is 0 Å². The molecule has 0 atom stereocenters. The number of rotatable bonds is 5. The Labute approximate surface area is 159 Å². The van der Waals surface area contributed by atoms with E-state index in [4.69, 9.17) is 4.42 Å². The lowest BCUT2D eigenvalue weighted by Gasteiger charge is -2.29. The summed E-state index contributed by atoms with van der Waals surface area (Å²) in [7, 11) is 0. The van der Waals surface area contributed by atoms with Crippen molar-refractivity contribution >= 4 is 46.8 Å². The van der Waals surface area contributed by atoms with Crippen molar-refractivity contribution in [2.24, 2.45) is 0 Å². The number of aromatic nitrogens is 2. The van der Waals surface area contributed by atoms with E-state index in [0.717, 1.165) is 30.0 Å². The number of fused-ring (bicyclic) bond motifs is 1. The van der Waals surface area contributed by atoms with E-state index in [1.807, 2.05) is 46.7 Å². The summed E-state index contributed by atoms with van der Waals surface area (Å²) in [6, 6.07) is 12.1. The first kappa shape index (κ1) is 17.1. The van der Waals surface area contributed by atoms with Crippen LogP contribution in [0.15, 0.2) is 51.4 Å². The number of carbonyl (C=O) groups excluding carboxylic acids is 1.